The number of pyridine rings is 1. The first-order chi connectivity index (χ1) is 14.7. The molecule has 2 N–H and O–H groups in total. The Morgan fingerprint density at radius 3 is 2.73 bits per heavy atom. The van der Waals surface area contributed by atoms with Crippen LogP contribution in [0.15, 0.2) is 55.0 Å². The summed E-state index contributed by atoms with van der Waals surface area (Å²) in [5.74, 6) is 2.01. The number of hydrogen-bond donors (Lipinski definition) is 2. The lowest BCUT2D eigenvalue weighted by molar-refractivity contribution is 0.407. The highest BCUT2D eigenvalue weighted by molar-refractivity contribution is 5.62. The first kappa shape index (κ1) is 21.7. The van der Waals surface area contributed by atoms with Gasteiger partial charge in [0.05, 0.1) is 12.8 Å². The third-order valence-electron chi connectivity index (χ3n) is 5.15. The summed E-state index contributed by atoms with van der Waals surface area (Å²) in [6.07, 6.45) is 6.71. The Morgan fingerprint density at radius 1 is 1.03 bits per heavy atom. The highest BCUT2D eigenvalue weighted by Crippen LogP contribution is 2.26. The van der Waals surface area contributed by atoms with E-state index in [2.05, 4.69) is 44.6 Å². The fourth-order valence-corrected chi connectivity index (χ4v) is 3.44. The van der Waals surface area contributed by atoms with Crippen molar-refractivity contribution in [1.29, 1.82) is 0 Å². The zero-order chi connectivity index (χ0) is 21.2. The molecular formula is C24H31N5O. The number of aromatic nitrogens is 3. The summed E-state index contributed by atoms with van der Waals surface area (Å²) in [6, 6.07) is 14.2. The molecule has 0 bridgehead atoms. The summed E-state index contributed by atoms with van der Waals surface area (Å²) in [6.45, 7) is 3.97. The second-order valence-electron chi connectivity index (χ2n) is 7.41. The first-order valence-corrected chi connectivity index (χ1v) is 10.5. The van der Waals surface area contributed by atoms with Gasteiger partial charge in [0.25, 0.3) is 0 Å². The van der Waals surface area contributed by atoms with Crippen molar-refractivity contribution in [3.63, 3.8) is 0 Å². The van der Waals surface area contributed by atoms with Crippen LogP contribution in [0.4, 0.5) is 5.82 Å². The molecule has 0 saturated carbocycles. The molecule has 0 radical (unpaired) electrons. The van der Waals surface area contributed by atoms with E-state index in [1.54, 1.807) is 13.4 Å². The molecule has 1 aromatic carbocycles. The average molecular weight is 406 g/mol. The number of nitrogens with one attached hydrogen (secondary N) is 2. The van der Waals surface area contributed by atoms with E-state index < -0.39 is 0 Å². The van der Waals surface area contributed by atoms with E-state index in [0.717, 1.165) is 60.9 Å². The number of unbranched alkanes of at least 4 members (excludes halogenated alkanes) is 1. The van der Waals surface area contributed by atoms with Crippen LogP contribution >= 0.6 is 0 Å². The van der Waals surface area contributed by atoms with Gasteiger partial charge >= 0.3 is 0 Å². The average Bonchev–Trinajstić information content (AvgIpc) is 2.80. The molecular weight excluding hydrogens is 374 g/mol. The molecule has 0 aliphatic rings. The summed E-state index contributed by atoms with van der Waals surface area (Å²) < 4.78 is 5.49. The third kappa shape index (κ3) is 6.00. The Morgan fingerprint density at radius 2 is 1.90 bits per heavy atom. The number of benzene rings is 1. The second-order valence-corrected chi connectivity index (χ2v) is 7.41. The number of para-hydroxylation sites is 1. The van der Waals surface area contributed by atoms with E-state index >= 15 is 0 Å². The standard InChI is InChI=1S/C24H31N5O/c1-18(21-9-4-5-10-23(21)30-3)16-27-24-15-22(28-17-29-24)19-11-13-26-20(14-19)8-6-7-12-25-2/h4-5,9-11,13-15,17-18,25H,6-8,12,16H2,1-3H3,(H,27,28,29)/t18-/m1/s1. The normalized spacial score (nSPS) is 11.8. The molecule has 0 saturated heterocycles. The molecule has 0 aliphatic heterocycles. The maximum Gasteiger partial charge on any atom is 0.129 e. The first-order valence-electron chi connectivity index (χ1n) is 10.5. The number of nitrogens with zero attached hydrogens (tertiary/aromatic N) is 3. The summed E-state index contributed by atoms with van der Waals surface area (Å²) in [4.78, 5) is 13.4. The van der Waals surface area contributed by atoms with Crippen LogP contribution in [-0.2, 0) is 6.42 Å². The molecule has 0 amide bonds. The van der Waals surface area contributed by atoms with Crippen molar-refractivity contribution in [2.75, 3.05) is 32.6 Å². The molecule has 3 aromatic rings. The van der Waals surface area contributed by atoms with E-state index in [4.69, 9.17) is 4.74 Å². The number of methoxy groups -OCH3 is 1. The van der Waals surface area contributed by atoms with Crippen LogP contribution in [-0.4, -0.2) is 42.2 Å². The molecule has 0 unspecified atom stereocenters. The lowest BCUT2D eigenvalue weighted by Crippen LogP contribution is -2.12. The smallest absolute Gasteiger partial charge is 0.129 e. The SMILES string of the molecule is CNCCCCc1cc(-c2cc(NC[C@@H](C)c3ccccc3OC)ncn2)ccn1. The van der Waals surface area contributed by atoms with E-state index in [1.807, 2.05) is 43.6 Å². The van der Waals surface area contributed by atoms with E-state index in [9.17, 15) is 0 Å². The number of anilines is 1. The Bertz CT molecular complexity index is 931. The van der Waals surface area contributed by atoms with E-state index in [0.29, 0.717) is 0 Å². The molecule has 6 nitrogen and oxygen atoms in total. The Kier molecular flexibility index (Phi) is 8.15. The zero-order valence-corrected chi connectivity index (χ0v) is 18.1. The Hall–Kier alpha value is -2.99. The van der Waals surface area contributed by atoms with E-state index in [1.165, 1.54) is 5.56 Å². The van der Waals surface area contributed by atoms with Crippen LogP contribution in [0, 0.1) is 0 Å². The zero-order valence-electron chi connectivity index (χ0n) is 18.1. The fraction of sp³-hybridized carbons (Fsp3) is 0.375. The van der Waals surface area contributed by atoms with Gasteiger partial charge in [-0.2, -0.15) is 0 Å². The van der Waals surface area contributed by atoms with Crippen LogP contribution in [0.1, 0.15) is 36.9 Å². The van der Waals surface area contributed by atoms with Gasteiger partial charge < -0.3 is 15.4 Å². The fourth-order valence-electron chi connectivity index (χ4n) is 3.44. The van der Waals surface area contributed by atoms with Gasteiger partial charge in [-0.1, -0.05) is 25.1 Å². The quantitative estimate of drug-likeness (QED) is 0.463. The van der Waals surface area contributed by atoms with Gasteiger partial charge in [-0.05, 0) is 56.6 Å². The van der Waals surface area contributed by atoms with Crippen molar-refractivity contribution in [3.05, 3.63) is 66.2 Å². The van der Waals surface area contributed by atoms with Crippen LogP contribution in [0.5, 0.6) is 5.75 Å². The van der Waals surface area contributed by atoms with Crippen molar-refractivity contribution in [2.45, 2.75) is 32.1 Å². The van der Waals surface area contributed by atoms with Crippen LogP contribution in [0.3, 0.4) is 0 Å². The minimum Gasteiger partial charge on any atom is -0.496 e. The predicted molar refractivity (Wildman–Crippen MR) is 122 cm³/mol. The van der Waals surface area contributed by atoms with Crippen molar-refractivity contribution in [3.8, 4) is 17.0 Å². The third-order valence-corrected chi connectivity index (χ3v) is 5.15. The van der Waals surface area contributed by atoms with Crippen molar-refractivity contribution in [1.82, 2.24) is 20.3 Å². The maximum absolute atomic E-state index is 5.49. The molecule has 1 atom stereocenters. The van der Waals surface area contributed by atoms with Crippen molar-refractivity contribution < 1.29 is 4.74 Å². The molecule has 6 heteroatoms. The molecule has 0 fully saturated rings. The van der Waals surface area contributed by atoms with Gasteiger partial charge in [0.1, 0.15) is 17.9 Å². The maximum atomic E-state index is 5.49. The van der Waals surface area contributed by atoms with Gasteiger partial charge in [0.15, 0.2) is 0 Å². The molecule has 158 valence electrons. The summed E-state index contributed by atoms with van der Waals surface area (Å²) in [5.41, 5.74) is 4.24. The molecule has 30 heavy (non-hydrogen) atoms. The van der Waals surface area contributed by atoms with Gasteiger partial charge in [0, 0.05) is 36.0 Å². The molecule has 0 spiro atoms. The second kappa shape index (κ2) is 11.3. The van der Waals surface area contributed by atoms with Gasteiger partial charge in [-0.15, -0.1) is 0 Å². The monoisotopic (exact) mass is 405 g/mol. The highest BCUT2D eigenvalue weighted by atomic mass is 16.5. The number of hydrogen-bond acceptors (Lipinski definition) is 6. The van der Waals surface area contributed by atoms with Gasteiger partial charge in [0.2, 0.25) is 0 Å². The molecule has 2 aromatic heterocycles. The molecule has 2 heterocycles. The summed E-state index contributed by atoms with van der Waals surface area (Å²) in [7, 11) is 3.69. The van der Waals surface area contributed by atoms with Gasteiger partial charge in [-0.3, -0.25) is 4.98 Å². The predicted octanol–water partition coefficient (Wildman–Crippen LogP) is 4.30. The lowest BCUT2D eigenvalue weighted by atomic mass is 10.00. The van der Waals surface area contributed by atoms with Crippen LogP contribution < -0.4 is 15.4 Å². The largest absolute Gasteiger partial charge is 0.496 e. The number of aryl methyl sites for hydroxylation is 1. The lowest BCUT2D eigenvalue weighted by Gasteiger charge is -2.16. The Balaban J connectivity index is 1.65. The van der Waals surface area contributed by atoms with E-state index in [-0.39, 0.29) is 5.92 Å². The van der Waals surface area contributed by atoms with Gasteiger partial charge in [-0.25, -0.2) is 9.97 Å². The topological polar surface area (TPSA) is 72.0 Å². The summed E-state index contributed by atoms with van der Waals surface area (Å²) >= 11 is 0. The minimum absolute atomic E-state index is 0.282. The van der Waals surface area contributed by atoms with Crippen molar-refractivity contribution in [2.24, 2.45) is 0 Å². The molecule has 3 rings (SSSR count). The number of ether oxygens (including phenoxy) is 1. The van der Waals surface area contributed by atoms with Crippen molar-refractivity contribution >= 4 is 5.82 Å². The highest BCUT2D eigenvalue weighted by Gasteiger charge is 2.11. The van der Waals surface area contributed by atoms with Crippen LogP contribution in [0.2, 0.25) is 0 Å². The minimum atomic E-state index is 0.282. The molecule has 0 aliphatic carbocycles. The number of rotatable bonds is 11. The summed E-state index contributed by atoms with van der Waals surface area (Å²) in [5, 5.41) is 6.62. The Labute approximate surface area is 179 Å². The van der Waals surface area contributed by atoms with Crippen LogP contribution in [0.25, 0.3) is 11.3 Å².